The highest BCUT2D eigenvalue weighted by molar-refractivity contribution is 4.85. The van der Waals surface area contributed by atoms with Gasteiger partial charge in [-0.15, -0.1) is 0 Å². The third kappa shape index (κ3) is 1.64. The van der Waals surface area contributed by atoms with E-state index in [4.69, 9.17) is 0 Å². The molecule has 12 heavy (non-hydrogen) atoms. The molecule has 0 aromatic rings. The number of hydrogen-bond donors (Lipinski definition) is 0. The van der Waals surface area contributed by atoms with E-state index in [0.29, 0.717) is 0 Å². The van der Waals surface area contributed by atoms with Gasteiger partial charge < -0.3 is 9.80 Å². The van der Waals surface area contributed by atoms with Gasteiger partial charge in [0, 0.05) is 32.7 Å². The Kier molecular flexibility index (Phi) is 2.37. The van der Waals surface area contributed by atoms with Crippen LogP contribution in [0.1, 0.15) is 13.3 Å². The van der Waals surface area contributed by atoms with Crippen LogP contribution in [0.5, 0.6) is 0 Å². The molecule has 0 unspecified atom stereocenters. The summed E-state index contributed by atoms with van der Waals surface area (Å²) in [5.41, 5.74) is 0. The second-order valence-electron chi connectivity index (χ2n) is 4.58. The van der Waals surface area contributed by atoms with E-state index in [1.807, 2.05) is 0 Å². The van der Waals surface area contributed by atoms with E-state index in [1.54, 1.807) is 0 Å². The summed E-state index contributed by atoms with van der Waals surface area (Å²) in [6, 6.07) is 0. The van der Waals surface area contributed by atoms with Crippen LogP contribution in [0.15, 0.2) is 0 Å². The second-order valence-corrected chi connectivity index (χ2v) is 4.58. The summed E-state index contributed by atoms with van der Waals surface area (Å²) in [4.78, 5) is 5.02. The Morgan fingerprint density at radius 2 is 1.75 bits per heavy atom. The molecule has 2 aliphatic rings. The average molecular weight is 168 g/mol. The predicted octanol–water partition coefficient (Wildman–Crippen LogP) is 0.890. The summed E-state index contributed by atoms with van der Waals surface area (Å²) in [7, 11) is 2.21. The molecule has 0 N–H and O–H groups in total. The van der Waals surface area contributed by atoms with Crippen LogP contribution in [0, 0.1) is 11.8 Å². The molecule has 2 heteroatoms. The summed E-state index contributed by atoms with van der Waals surface area (Å²) >= 11 is 0. The third-order valence-corrected chi connectivity index (χ3v) is 3.27. The van der Waals surface area contributed by atoms with Crippen molar-refractivity contribution < 1.29 is 0 Å². The normalized spacial score (nSPS) is 28.5. The molecule has 2 aliphatic heterocycles. The maximum Gasteiger partial charge on any atom is 0.00344 e. The van der Waals surface area contributed by atoms with Crippen LogP contribution in [0.2, 0.25) is 0 Å². The van der Waals surface area contributed by atoms with Gasteiger partial charge in [0.05, 0.1) is 0 Å². The minimum Gasteiger partial charge on any atom is -0.306 e. The molecule has 0 atom stereocenters. The van der Waals surface area contributed by atoms with Crippen LogP contribution in [0.3, 0.4) is 0 Å². The summed E-state index contributed by atoms with van der Waals surface area (Å²) in [5.74, 6) is 2.00. The summed E-state index contributed by atoms with van der Waals surface area (Å²) in [6.07, 6.45) is 1.38. The molecule has 0 aromatic carbocycles. The Hall–Kier alpha value is -0.0800. The molecule has 0 aliphatic carbocycles. The molecule has 0 radical (unpaired) electrons. The van der Waals surface area contributed by atoms with Gasteiger partial charge in [0.15, 0.2) is 0 Å². The first-order valence-electron chi connectivity index (χ1n) is 5.18. The van der Waals surface area contributed by atoms with E-state index in [-0.39, 0.29) is 0 Å². The van der Waals surface area contributed by atoms with Gasteiger partial charge in [-0.05, 0) is 18.9 Å². The van der Waals surface area contributed by atoms with E-state index in [1.165, 1.54) is 39.1 Å². The van der Waals surface area contributed by atoms with E-state index in [2.05, 4.69) is 23.8 Å². The summed E-state index contributed by atoms with van der Waals surface area (Å²) < 4.78 is 0. The molecule has 0 amide bonds. The van der Waals surface area contributed by atoms with Crippen LogP contribution in [-0.4, -0.2) is 49.6 Å². The molecule has 0 spiro atoms. The maximum absolute atomic E-state index is 2.62. The molecule has 2 fully saturated rings. The van der Waals surface area contributed by atoms with Gasteiger partial charge in [0.1, 0.15) is 0 Å². The molecule has 0 aromatic heterocycles. The number of nitrogens with zero attached hydrogens (tertiary/aromatic N) is 2. The fraction of sp³-hybridized carbons (Fsp3) is 1.00. The Labute approximate surface area is 75.5 Å². The minimum atomic E-state index is 0.979. The summed E-state index contributed by atoms with van der Waals surface area (Å²) in [6.45, 7) is 9.06. The molecule has 2 heterocycles. The van der Waals surface area contributed by atoms with Crippen molar-refractivity contribution >= 4 is 0 Å². The maximum atomic E-state index is 2.62. The van der Waals surface area contributed by atoms with Gasteiger partial charge in [-0.3, -0.25) is 0 Å². The van der Waals surface area contributed by atoms with Gasteiger partial charge in [0.25, 0.3) is 0 Å². The van der Waals surface area contributed by atoms with Gasteiger partial charge in [-0.25, -0.2) is 0 Å². The minimum absolute atomic E-state index is 0.979. The lowest BCUT2D eigenvalue weighted by atomic mass is 9.93. The van der Waals surface area contributed by atoms with Crippen molar-refractivity contribution in [3.63, 3.8) is 0 Å². The number of rotatable bonds is 3. The summed E-state index contributed by atoms with van der Waals surface area (Å²) in [5, 5.41) is 0. The van der Waals surface area contributed by atoms with Crippen LogP contribution in [0.4, 0.5) is 0 Å². The zero-order chi connectivity index (χ0) is 8.55. The molecule has 70 valence electrons. The topological polar surface area (TPSA) is 6.48 Å². The average Bonchev–Trinajstić information content (AvgIpc) is 1.91. The first-order valence-corrected chi connectivity index (χ1v) is 5.18. The highest BCUT2D eigenvalue weighted by atomic mass is 15.2. The lowest BCUT2D eigenvalue weighted by Crippen LogP contribution is -2.54. The zero-order valence-electron chi connectivity index (χ0n) is 8.29. The van der Waals surface area contributed by atoms with E-state index >= 15 is 0 Å². The second kappa shape index (κ2) is 3.35. The van der Waals surface area contributed by atoms with E-state index in [9.17, 15) is 0 Å². The van der Waals surface area contributed by atoms with Gasteiger partial charge >= 0.3 is 0 Å². The molecular formula is C10H20N2. The SMILES string of the molecule is CCC1CN(CC2CN(C)C2)C1. The molecule has 0 bridgehead atoms. The van der Waals surface area contributed by atoms with Crippen molar-refractivity contribution in [2.24, 2.45) is 11.8 Å². The third-order valence-electron chi connectivity index (χ3n) is 3.27. The Morgan fingerprint density at radius 1 is 1.08 bits per heavy atom. The first kappa shape index (κ1) is 8.52. The zero-order valence-corrected chi connectivity index (χ0v) is 8.29. The van der Waals surface area contributed by atoms with Crippen LogP contribution < -0.4 is 0 Å². The Morgan fingerprint density at radius 3 is 2.25 bits per heavy atom. The van der Waals surface area contributed by atoms with Gasteiger partial charge in [-0.1, -0.05) is 13.3 Å². The first-order chi connectivity index (χ1) is 5.78. The largest absolute Gasteiger partial charge is 0.306 e. The molecule has 0 saturated carbocycles. The van der Waals surface area contributed by atoms with Crippen molar-refractivity contribution in [2.75, 3.05) is 39.8 Å². The standard InChI is InChI=1S/C10H20N2/c1-3-9-6-12(7-9)8-10-4-11(2)5-10/h9-10H,3-8H2,1-2H3. The molecule has 2 nitrogen and oxygen atoms in total. The molecule has 2 saturated heterocycles. The van der Waals surface area contributed by atoms with Crippen molar-refractivity contribution in [2.45, 2.75) is 13.3 Å². The monoisotopic (exact) mass is 168 g/mol. The number of likely N-dealkylation sites (tertiary alicyclic amines) is 2. The lowest BCUT2D eigenvalue weighted by Gasteiger charge is -2.45. The quantitative estimate of drug-likeness (QED) is 0.617. The van der Waals surface area contributed by atoms with E-state index < -0.39 is 0 Å². The van der Waals surface area contributed by atoms with Crippen LogP contribution in [-0.2, 0) is 0 Å². The molecule has 2 rings (SSSR count). The highest BCUT2D eigenvalue weighted by Crippen LogP contribution is 2.22. The van der Waals surface area contributed by atoms with E-state index in [0.717, 1.165) is 11.8 Å². The van der Waals surface area contributed by atoms with Crippen molar-refractivity contribution in [1.82, 2.24) is 9.80 Å². The van der Waals surface area contributed by atoms with Gasteiger partial charge in [-0.2, -0.15) is 0 Å². The van der Waals surface area contributed by atoms with Crippen LogP contribution >= 0.6 is 0 Å². The molecular weight excluding hydrogens is 148 g/mol. The fourth-order valence-corrected chi connectivity index (χ4v) is 2.39. The Bertz CT molecular complexity index is 146. The predicted molar refractivity (Wildman–Crippen MR) is 51.2 cm³/mol. The van der Waals surface area contributed by atoms with Gasteiger partial charge in [0.2, 0.25) is 0 Å². The van der Waals surface area contributed by atoms with Crippen LogP contribution in [0.25, 0.3) is 0 Å². The fourth-order valence-electron chi connectivity index (χ4n) is 2.39. The lowest BCUT2D eigenvalue weighted by molar-refractivity contribution is 0.0317. The van der Waals surface area contributed by atoms with Crippen molar-refractivity contribution in [1.29, 1.82) is 0 Å². The van der Waals surface area contributed by atoms with Crippen molar-refractivity contribution in [3.8, 4) is 0 Å². The Balaban J connectivity index is 1.58. The smallest absolute Gasteiger partial charge is 0.00344 e. The highest BCUT2D eigenvalue weighted by Gasteiger charge is 2.30. The number of hydrogen-bond acceptors (Lipinski definition) is 2. The van der Waals surface area contributed by atoms with Crippen molar-refractivity contribution in [3.05, 3.63) is 0 Å².